The third-order valence-corrected chi connectivity index (χ3v) is 4.83. The lowest BCUT2D eigenvalue weighted by Gasteiger charge is -2.17. The van der Waals surface area contributed by atoms with Crippen LogP contribution >= 0.6 is 0 Å². The van der Waals surface area contributed by atoms with Gasteiger partial charge in [0.25, 0.3) is 0 Å². The second kappa shape index (κ2) is 10.9. The summed E-state index contributed by atoms with van der Waals surface area (Å²) in [5, 5.41) is 11.4. The van der Waals surface area contributed by atoms with Gasteiger partial charge in [-0.3, -0.25) is 0 Å². The predicted molar refractivity (Wildman–Crippen MR) is 118 cm³/mol. The Balaban J connectivity index is 2.30. The Kier molecular flexibility index (Phi) is 7.99. The minimum Gasteiger partial charge on any atom is -0.506 e. The maximum absolute atomic E-state index is 13.0. The fourth-order valence-electron chi connectivity index (χ4n) is 3.35. The smallest absolute Gasteiger partial charge is 0.348 e. The molecule has 10 nitrogen and oxygen atoms in total. The van der Waals surface area contributed by atoms with Crippen molar-refractivity contribution in [1.82, 2.24) is 0 Å². The first-order valence-corrected chi connectivity index (χ1v) is 9.80. The molecule has 0 bridgehead atoms. The predicted octanol–water partition coefficient (Wildman–Crippen LogP) is 3.29. The minimum absolute atomic E-state index is 0.0234. The number of fused-ring (bicyclic) bond motifs is 1. The Labute approximate surface area is 190 Å². The fraction of sp³-hybridized carbons (Fsp3) is 0.348. The summed E-state index contributed by atoms with van der Waals surface area (Å²) in [7, 11) is 7.36. The molecule has 0 aliphatic rings. The Morgan fingerprint density at radius 2 is 1.58 bits per heavy atom. The fourth-order valence-corrected chi connectivity index (χ4v) is 3.35. The van der Waals surface area contributed by atoms with Crippen LogP contribution in [0.15, 0.2) is 33.5 Å². The highest BCUT2D eigenvalue weighted by Gasteiger charge is 2.24. The number of hydrogen-bond acceptors (Lipinski definition) is 10. The van der Waals surface area contributed by atoms with E-state index in [1.54, 1.807) is 18.2 Å². The Hall–Kier alpha value is -3.47. The zero-order valence-electron chi connectivity index (χ0n) is 19.1. The summed E-state index contributed by atoms with van der Waals surface area (Å²) in [5.41, 5.74) is 0.101. The van der Waals surface area contributed by atoms with Gasteiger partial charge in [0, 0.05) is 31.9 Å². The molecule has 3 aromatic rings. The van der Waals surface area contributed by atoms with Crippen LogP contribution in [0.25, 0.3) is 22.1 Å². The number of benzene rings is 2. The van der Waals surface area contributed by atoms with Crippen LogP contribution in [0.3, 0.4) is 0 Å². The summed E-state index contributed by atoms with van der Waals surface area (Å²) >= 11 is 0. The third-order valence-electron chi connectivity index (χ3n) is 4.83. The maximum atomic E-state index is 13.0. The average Bonchev–Trinajstić information content (AvgIpc) is 2.82. The second-order valence-electron chi connectivity index (χ2n) is 6.78. The molecule has 0 saturated carbocycles. The van der Waals surface area contributed by atoms with Gasteiger partial charge in [0.15, 0.2) is 18.3 Å². The lowest BCUT2D eigenvalue weighted by Crippen LogP contribution is -2.09. The molecule has 33 heavy (non-hydrogen) atoms. The molecule has 0 radical (unpaired) electrons. The van der Waals surface area contributed by atoms with Gasteiger partial charge in [-0.25, -0.2) is 4.79 Å². The standard InChI is InChI=1S/C23H26O10/c1-26-11-31-10-13-6-16(29-4)17(32-12-27-2)9-15(13)20-22(24)21-18(30-5)7-14(28-3)8-19(21)33-23(20)25/h6-9,24H,10-12H2,1-5H3. The summed E-state index contributed by atoms with van der Waals surface area (Å²) in [4.78, 5) is 13.0. The van der Waals surface area contributed by atoms with Gasteiger partial charge in [-0.1, -0.05) is 0 Å². The molecular weight excluding hydrogens is 436 g/mol. The molecule has 178 valence electrons. The van der Waals surface area contributed by atoms with Gasteiger partial charge in [-0.05, 0) is 17.7 Å². The van der Waals surface area contributed by atoms with Crippen molar-refractivity contribution in [2.75, 3.05) is 49.1 Å². The van der Waals surface area contributed by atoms with Crippen molar-refractivity contribution >= 4 is 11.0 Å². The number of ether oxygens (including phenoxy) is 7. The first-order chi connectivity index (χ1) is 16.0. The van der Waals surface area contributed by atoms with Crippen molar-refractivity contribution in [3.8, 4) is 39.9 Å². The van der Waals surface area contributed by atoms with Crippen molar-refractivity contribution in [2.24, 2.45) is 0 Å². The van der Waals surface area contributed by atoms with Crippen LogP contribution < -0.4 is 24.6 Å². The van der Waals surface area contributed by atoms with E-state index in [0.717, 1.165) is 0 Å². The van der Waals surface area contributed by atoms with Crippen molar-refractivity contribution in [2.45, 2.75) is 6.61 Å². The second-order valence-corrected chi connectivity index (χ2v) is 6.78. The highest BCUT2D eigenvalue weighted by molar-refractivity contribution is 5.96. The summed E-state index contributed by atoms with van der Waals surface area (Å²) in [5.74, 6) is 1.04. The monoisotopic (exact) mass is 462 g/mol. The molecule has 0 unspecified atom stereocenters. The zero-order valence-corrected chi connectivity index (χ0v) is 19.1. The normalized spacial score (nSPS) is 10.9. The van der Waals surface area contributed by atoms with Gasteiger partial charge >= 0.3 is 5.63 Å². The number of methoxy groups -OCH3 is 5. The van der Waals surface area contributed by atoms with Crippen LogP contribution in [0.4, 0.5) is 0 Å². The molecule has 1 heterocycles. The van der Waals surface area contributed by atoms with Gasteiger partial charge in [0.1, 0.15) is 40.6 Å². The summed E-state index contributed by atoms with van der Waals surface area (Å²) in [6, 6.07) is 6.27. The van der Waals surface area contributed by atoms with Crippen LogP contribution in [0.1, 0.15) is 5.56 Å². The van der Waals surface area contributed by atoms with Gasteiger partial charge in [0.2, 0.25) is 0 Å². The highest BCUT2D eigenvalue weighted by Crippen LogP contribution is 2.44. The molecule has 0 spiro atoms. The molecular formula is C23H26O10. The van der Waals surface area contributed by atoms with E-state index in [0.29, 0.717) is 28.4 Å². The van der Waals surface area contributed by atoms with E-state index in [-0.39, 0.29) is 48.2 Å². The quantitative estimate of drug-likeness (QED) is 0.259. The Morgan fingerprint density at radius 1 is 0.848 bits per heavy atom. The van der Waals surface area contributed by atoms with Crippen molar-refractivity contribution < 1.29 is 42.7 Å². The molecule has 10 heteroatoms. The molecule has 0 fully saturated rings. The summed E-state index contributed by atoms with van der Waals surface area (Å²) in [6.07, 6.45) is 0. The van der Waals surface area contributed by atoms with Crippen LogP contribution in [0.2, 0.25) is 0 Å². The van der Waals surface area contributed by atoms with E-state index < -0.39 is 5.63 Å². The molecule has 0 aliphatic heterocycles. The molecule has 0 amide bonds. The maximum Gasteiger partial charge on any atom is 0.348 e. The van der Waals surface area contributed by atoms with Crippen molar-refractivity contribution in [1.29, 1.82) is 0 Å². The number of hydrogen-bond donors (Lipinski definition) is 1. The topological polar surface area (TPSA) is 115 Å². The van der Waals surface area contributed by atoms with Gasteiger partial charge in [-0.15, -0.1) is 0 Å². The van der Waals surface area contributed by atoms with E-state index in [9.17, 15) is 9.90 Å². The molecule has 1 aromatic heterocycles. The van der Waals surface area contributed by atoms with E-state index in [2.05, 4.69) is 0 Å². The molecule has 1 N–H and O–H groups in total. The highest BCUT2D eigenvalue weighted by atomic mass is 16.7. The van der Waals surface area contributed by atoms with Crippen LogP contribution in [-0.2, 0) is 20.8 Å². The Bertz CT molecular complexity index is 1170. The van der Waals surface area contributed by atoms with Crippen LogP contribution in [0.5, 0.6) is 28.7 Å². The number of rotatable bonds is 11. The van der Waals surface area contributed by atoms with Gasteiger partial charge < -0.3 is 42.7 Å². The average molecular weight is 462 g/mol. The third kappa shape index (κ3) is 4.98. The first-order valence-electron chi connectivity index (χ1n) is 9.80. The van der Waals surface area contributed by atoms with Gasteiger partial charge in [-0.2, -0.15) is 0 Å². The minimum atomic E-state index is -0.772. The van der Waals surface area contributed by atoms with Crippen molar-refractivity contribution in [3.05, 3.63) is 40.2 Å². The lowest BCUT2D eigenvalue weighted by atomic mass is 9.98. The van der Waals surface area contributed by atoms with Gasteiger partial charge in [0.05, 0.1) is 27.9 Å². The van der Waals surface area contributed by atoms with E-state index in [4.69, 9.17) is 37.6 Å². The van der Waals surface area contributed by atoms with Crippen LogP contribution in [-0.4, -0.2) is 54.2 Å². The largest absolute Gasteiger partial charge is 0.506 e. The molecule has 0 saturated heterocycles. The van der Waals surface area contributed by atoms with E-state index in [1.165, 1.54) is 41.6 Å². The molecule has 3 rings (SSSR count). The number of aromatic hydroxyl groups is 1. The molecule has 0 aliphatic carbocycles. The summed E-state index contributed by atoms with van der Waals surface area (Å²) < 4.78 is 42.6. The van der Waals surface area contributed by atoms with Crippen LogP contribution in [0, 0.1) is 0 Å². The molecule has 2 aromatic carbocycles. The first kappa shape index (κ1) is 24.2. The van der Waals surface area contributed by atoms with E-state index >= 15 is 0 Å². The molecule has 0 atom stereocenters. The zero-order chi connectivity index (χ0) is 24.0. The SMILES string of the molecule is COCOCc1cc(OC)c(OCOC)cc1-c1c(O)c2c(OC)cc(OC)cc2oc1=O. The van der Waals surface area contributed by atoms with E-state index in [1.807, 2.05) is 0 Å². The summed E-state index contributed by atoms with van der Waals surface area (Å²) in [6.45, 7) is 0.0254. The lowest BCUT2D eigenvalue weighted by molar-refractivity contribution is -0.0389. The van der Waals surface area contributed by atoms with Crippen molar-refractivity contribution in [3.63, 3.8) is 0 Å². The Morgan fingerprint density at radius 3 is 2.21 bits per heavy atom.